The van der Waals surface area contributed by atoms with Crippen molar-refractivity contribution < 1.29 is 17.9 Å². The maximum Gasteiger partial charge on any atom is 0.573 e. The third-order valence-corrected chi connectivity index (χ3v) is 3.46. The molecule has 0 radical (unpaired) electrons. The lowest BCUT2D eigenvalue weighted by molar-refractivity contribution is -0.275. The minimum atomic E-state index is -4.66. The van der Waals surface area contributed by atoms with E-state index < -0.39 is 6.36 Å². The Kier molecular flexibility index (Phi) is 7.57. The summed E-state index contributed by atoms with van der Waals surface area (Å²) in [5, 5.41) is 3.09. The second kappa shape index (κ2) is 8.93. The number of rotatable bonds is 9. The monoisotopic (exact) mass is 303 g/mol. The minimum Gasteiger partial charge on any atom is -0.405 e. The summed E-state index contributed by atoms with van der Waals surface area (Å²) in [6, 6.07) is 6.22. The normalized spacial score (nSPS) is 13.2. The van der Waals surface area contributed by atoms with E-state index in [4.69, 9.17) is 0 Å². The van der Waals surface area contributed by atoms with Crippen LogP contribution in [-0.4, -0.2) is 13.4 Å². The first-order valence-corrected chi connectivity index (χ1v) is 7.50. The van der Waals surface area contributed by atoms with Gasteiger partial charge in [0.15, 0.2) is 0 Å². The number of halogens is 3. The lowest BCUT2D eigenvalue weighted by Crippen LogP contribution is -2.22. The fraction of sp³-hybridized carbons (Fsp3) is 0.625. The van der Waals surface area contributed by atoms with Crippen LogP contribution in [0.15, 0.2) is 24.3 Å². The molecule has 1 unspecified atom stereocenters. The van der Waals surface area contributed by atoms with E-state index in [0.717, 1.165) is 19.3 Å². The third kappa shape index (κ3) is 6.85. The van der Waals surface area contributed by atoms with Crippen molar-refractivity contribution in [3.8, 4) is 5.75 Å². The van der Waals surface area contributed by atoms with Gasteiger partial charge >= 0.3 is 6.36 Å². The molecule has 120 valence electrons. The molecule has 0 saturated carbocycles. The van der Waals surface area contributed by atoms with Gasteiger partial charge in [0.2, 0.25) is 0 Å². The summed E-state index contributed by atoms with van der Waals surface area (Å²) in [6.45, 7) is 2.15. The van der Waals surface area contributed by atoms with Crippen LogP contribution in [0.4, 0.5) is 13.2 Å². The standard InChI is InChI=1S/C16H24F3NO/c1-3-4-5-6-7-11-14(20-2)13-10-8-9-12-15(13)21-16(17,18)19/h8-10,12,14,20H,3-7,11H2,1-2H3. The van der Waals surface area contributed by atoms with Crippen molar-refractivity contribution in [1.29, 1.82) is 0 Å². The summed E-state index contributed by atoms with van der Waals surface area (Å²) in [4.78, 5) is 0. The molecule has 0 aliphatic heterocycles. The summed E-state index contributed by atoms with van der Waals surface area (Å²) in [7, 11) is 1.76. The third-order valence-electron chi connectivity index (χ3n) is 3.46. The molecule has 0 saturated heterocycles. The van der Waals surface area contributed by atoms with E-state index in [1.807, 2.05) is 0 Å². The number of alkyl halides is 3. The van der Waals surface area contributed by atoms with E-state index >= 15 is 0 Å². The van der Waals surface area contributed by atoms with Crippen molar-refractivity contribution in [3.05, 3.63) is 29.8 Å². The molecular formula is C16H24F3NO. The van der Waals surface area contributed by atoms with Crippen molar-refractivity contribution in [1.82, 2.24) is 5.32 Å². The molecule has 0 fully saturated rings. The van der Waals surface area contributed by atoms with Crippen molar-refractivity contribution in [2.45, 2.75) is 57.9 Å². The van der Waals surface area contributed by atoms with Crippen LogP contribution in [0.3, 0.4) is 0 Å². The van der Waals surface area contributed by atoms with Gasteiger partial charge in [-0.15, -0.1) is 13.2 Å². The molecule has 1 aromatic carbocycles. The molecule has 0 aliphatic carbocycles. The molecule has 1 atom stereocenters. The first-order chi connectivity index (χ1) is 9.98. The second-order valence-corrected chi connectivity index (χ2v) is 5.13. The SMILES string of the molecule is CCCCCCCC(NC)c1ccccc1OC(F)(F)F. The van der Waals surface area contributed by atoms with Gasteiger partial charge in [-0.1, -0.05) is 57.2 Å². The Labute approximate surface area is 124 Å². The number of para-hydroxylation sites is 1. The highest BCUT2D eigenvalue weighted by atomic mass is 19.4. The molecule has 0 bridgehead atoms. The van der Waals surface area contributed by atoms with Crippen LogP contribution in [0.1, 0.15) is 57.1 Å². The molecule has 0 spiro atoms. The first-order valence-electron chi connectivity index (χ1n) is 7.50. The Hall–Kier alpha value is -1.23. The van der Waals surface area contributed by atoms with E-state index in [-0.39, 0.29) is 11.8 Å². The molecule has 5 heteroatoms. The van der Waals surface area contributed by atoms with Crippen LogP contribution < -0.4 is 10.1 Å². The number of benzene rings is 1. The van der Waals surface area contributed by atoms with E-state index in [1.54, 1.807) is 25.2 Å². The van der Waals surface area contributed by atoms with Gasteiger partial charge in [0.1, 0.15) is 5.75 Å². The largest absolute Gasteiger partial charge is 0.573 e. The van der Waals surface area contributed by atoms with Crippen molar-refractivity contribution in [2.24, 2.45) is 0 Å². The highest BCUT2D eigenvalue weighted by molar-refractivity contribution is 5.36. The predicted octanol–water partition coefficient (Wildman–Crippen LogP) is 5.21. The lowest BCUT2D eigenvalue weighted by Gasteiger charge is -2.20. The molecular weight excluding hydrogens is 279 g/mol. The Balaban J connectivity index is 2.67. The summed E-state index contributed by atoms with van der Waals surface area (Å²) in [5.41, 5.74) is 0.563. The average molecular weight is 303 g/mol. The van der Waals surface area contributed by atoms with Crippen molar-refractivity contribution >= 4 is 0 Å². The van der Waals surface area contributed by atoms with Gasteiger partial charge in [-0.25, -0.2) is 0 Å². The molecule has 0 amide bonds. The average Bonchev–Trinajstić information content (AvgIpc) is 2.42. The highest BCUT2D eigenvalue weighted by Crippen LogP contribution is 2.32. The van der Waals surface area contributed by atoms with E-state index in [1.165, 1.54) is 25.3 Å². The number of hydrogen-bond donors (Lipinski definition) is 1. The summed E-state index contributed by atoms with van der Waals surface area (Å²) in [6.07, 6.45) is 1.80. The van der Waals surface area contributed by atoms with E-state index in [9.17, 15) is 13.2 Å². The summed E-state index contributed by atoms with van der Waals surface area (Å²) < 4.78 is 41.4. The number of hydrogen-bond acceptors (Lipinski definition) is 2. The zero-order valence-electron chi connectivity index (χ0n) is 12.7. The van der Waals surface area contributed by atoms with Gasteiger partial charge in [-0.05, 0) is 19.5 Å². The second-order valence-electron chi connectivity index (χ2n) is 5.13. The molecule has 0 aromatic heterocycles. The zero-order chi connectivity index (χ0) is 15.7. The van der Waals surface area contributed by atoms with Gasteiger partial charge in [-0.3, -0.25) is 0 Å². The molecule has 0 heterocycles. The number of ether oxygens (including phenoxy) is 1. The maximum absolute atomic E-state index is 12.4. The zero-order valence-corrected chi connectivity index (χ0v) is 12.7. The molecule has 2 nitrogen and oxygen atoms in total. The van der Waals surface area contributed by atoms with Gasteiger partial charge in [0, 0.05) is 11.6 Å². The Bertz CT molecular complexity index is 407. The van der Waals surface area contributed by atoms with Gasteiger partial charge in [-0.2, -0.15) is 0 Å². The van der Waals surface area contributed by atoms with Crippen LogP contribution in [0.2, 0.25) is 0 Å². The van der Waals surface area contributed by atoms with Crippen molar-refractivity contribution in [2.75, 3.05) is 7.05 Å². The number of unbranched alkanes of at least 4 members (excludes halogenated alkanes) is 4. The lowest BCUT2D eigenvalue weighted by atomic mass is 9.99. The molecule has 1 aromatic rings. The minimum absolute atomic E-state index is 0.113. The fourth-order valence-corrected chi connectivity index (χ4v) is 2.39. The topological polar surface area (TPSA) is 21.3 Å². The Morgan fingerprint density at radius 3 is 2.38 bits per heavy atom. The van der Waals surface area contributed by atoms with E-state index in [0.29, 0.717) is 5.56 Å². The van der Waals surface area contributed by atoms with Crippen LogP contribution in [0.25, 0.3) is 0 Å². The maximum atomic E-state index is 12.4. The molecule has 1 N–H and O–H groups in total. The first kappa shape index (κ1) is 17.8. The fourth-order valence-electron chi connectivity index (χ4n) is 2.39. The van der Waals surface area contributed by atoms with Crippen LogP contribution in [0.5, 0.6) is 5.75 Å². The van der Waals surface area contributed by atoms with Crippen LogP contribution in [-0.2, 0) is 0 Å². The Morgan fingerprint density at radius 1 is 1.10 bits per heavy atom. The summed E-state index contributed by atoms with van der Waals surface area (Å²) in [5.74, 6) is -0.113. The van der Waals surface area contributed by atoms with Gasteiger partial charge in [0.05, 0.1) is 0 Å². The number of nitrogens with one attached hydrogen (secondary N) is 1. The van der Waals surface area contributed by atoms with Gasteiger partial charge in [0.25, 0.3) is 0 Å². The van der Waals surface area contributed by atoms with Crippen LogP contribution >= 0.6 is 0 Å². The van der Waals surface area contributed by atoms with Crippen LogP contribution in [0, 0.1) is 0 Å². The van der Waals surface area contributed by atoms with Crippen molar-refractivity contribution in [3.63, 3.8) is 0 Å². The summed E-state index contributed by atoms with van der Waals surface area (Å²) >= 11 is 0. The predicted molar refractivity (Wildman–Crippen MR) is 78.3 cm³/mol. The molecule has 0 aliphatic rings. The molecule has 1 rings (SSSR count). The highest BCUT2D eigenvalue weighted by Gasteiger charge is 2.32. The van der Waals surface area contributed by atoms with Gasteiger partial charge < -0.3 is 10.1 Å². The molecule has 21 heavy (non-hydrogen) atoms. The quantitative estimate of drug-likeness (QED) is 0.633. The van der Waals surface area contributed by atoms with E-state index in [2.05, 4.69) is 17.0 Å². The smallest absolute Gasteiger partial charge is 0.405 e. The Morgan fingerprint density at radius 2 is 1.76 bits per heavy atom.